The third-order valence-electron chi connectivity index (χ3n) is 5.61. The smallest absolute Gasteiger partial charge is 0.231 e. The molecule has 0 saturated carbocycles. The van der Waals surface area contributed by atoms with Crippen LogP contribution < -0.4 is 14.8 Å². The van der Waals surface area contributed by atoms with E-state index in [-0.39, 0.29) is 24.3 Å². The van der Waals surface area contributed by atoms with Crippen LogP contribution in [0.5, 0.6) is 11.5 Å². The summed E-state index contributed by atoms with van der Waals surface area (Å²) in [6, 6.07) is 5.68. The molecule has 2 heterocycles. The normalized spacial score (nSPS) is 23.7. The van der Waals surface area contributed by atoms with Crippen molar-refractivity contribution in [2.24, 2.45) is 5.41 Å². The fourth-order valence-electron chi connectivity index (χ4n) is 4.17. The number of nitrogens with one attached hydrogen (secondary N) is 1. The minimum absolute atomic E-state index is 0.0274. The summed E-state index contributed by atoms with van der Waals surface area (Å²) in [6.45, 7) is 7.62. The summed E-state index contributed by atoms with van der Waals surface area (Å²) in [6.07, 6.45) is 1.60. The lowest BCUT2D eigenvalue weighted by Crippen LogP contribution is -2.40. The molecule has 0 fully saturated rings. The third kappa shape index (κ3) is 2.45. The van der Waals surface area contributed by atoms with Crippen LogP contribution in [-0.2, 0) is 9.59 Å². The highest BCUT2D eigenvalue weighted by Crippen LogP contribution is 2.48. The Morgan fingerprint density at radius 2 is 1.96 bits per heavy atom. The average Bonchev–Trinajstić information content (AvgIpc) is 3.04. The molecule has 1 atom stereocenters. The lowest BCUT2D eigenvalue weighted by molar-refractivity contribution is -0.124. The van der Waals surface area contributed by atoms with Crippen LogP contribution in [-0.4, -0.2) is 18.4 Å². The maximum atomic E-state index is 13.3. The van der Waals surface area contributed by atoms with Gasteiger partial charge in [0.15, 0.2) is 23.1 Å². The van der Waals surface area contributed by atoms with Crippen molar-refractivity contribution in [2.75, 3.05) is 6.79 Å². The molecule has 3 aliphatic rings. The van der Waals surface area contributed by atoms with E-state index in [1.54, 1.807) is 6.92 Å². The van der Waals surface area contributed by atoms with Gasteiger partial charge in [-0.05, 0) is 44.4 Å². The number of ether oxygens (including phenoxy) is 2. The monoisotopic (exact) mass is 353 g/mol. The summed E-state index contributed by atoms with van der Waals surface area (Å²) in [7, 11) is 0. The molecular weight excluding hydrogens is 330 g/mol. The predicted octanol–water partition coefficient (Wildman–Crippen LogP) is 3.61. The number of benzene rings is 1. The van der Waals surface area contributed by atoms with Crippen LogP contribution in [0.4, 0.5) is 0 Å². The van der Waals surface area contributed by atoms with Crippen molar-refractivity contribution in [1.29, 1.82) is 0 Å². The van der Waals surface area contributed by atoms with Crippen LogP contribution in [0.3, 0.4) is 0 Å². The molecule has 0 amide bonds. The topological polar surface area (TPSA) is 64.6 Å². The number of rotatable bonds is 2. The van der Waals surface area contributed by atoms with Gasteiger partial charge in [0.05, 0.1) is 0 Å². The lowest BCUT2D eigenvalue weighted by Gasteiger charge is -2.39. The standard InChI is InChI=1S/C21H23NO4/c1-11-17(12(2)23)18(13-5-6-15-16(9-13)26-10-25-15)19-14(22-11)7-8-21(3,4)20(19)24/h5-6,9,18,22H,7-8,10H2,1-4H3. The number of carbonyl (C=O) groups excluding carboxylic acids is 2. The Labute approximate surface area is 153 Å². The molecule has 26 heavy (non-hydrogen) atoms. The maximum absolute atomic E-state index is 13.3. The Balaban J connectivity index is 1.91. The van der Waals surface area contributed by atoms with Gasteiger partial charge in [0.2, 0.25) is 6.79 Å². The summed E-state index contributed by atoms with van der Waals surface area (Å²) in [5, 5.41) is 3.33. The number of allylic oxidation sites excluding steroid dienone is 4. The van der Waals surface area contributed by atoms with Crippen molar-refractivity contribution < 1.29 is 19.1 Å². The number of hydrogen-bond acceptors (Lipinski definition) is 5. The second-order valence-electron chi connectivity index (χ2n) is 7.87. The summed E-state index contributed by atoms with van der Waals surface area (Å²) >= 11 is 0. The first-order valence-electron chi connectivity index (χ1n) is 8.96. The average molecular weight is 353 g/mol. The molecule has 5 nitrogen and oxygen atoms in total. The second kappa shape index (κ2) is 5.73. The Bertz CT molecular complexity index is 891. The fraction of sp³-hybridized carbons (Fsp3) is 0.429. The lowest BCUT2D eigenvalue weighted by atomic mass is 9.67. The molecule has 136 valence electrons. The zero-order chi connectivity index (χ0) is 18.6. The number of Topliss-reactive ketones (excluding diaryl/α,β-unsaturated/α-hetero) is 2. The molecule has 1 aromatic rings. The van der Waals surface area contributed by atoms with Crippen LogP contribution in [0, 0.1) is 5.41 Å². The van der Waals surface area contributed by atoms with Crippen LogP contribution in [0.1, 0.15) is 52.0 Å². The number of hydrogen-bond donors (Lipinski definition) is 1. The van der Waals surface area contributed by atoms with Gasteiger partial charge in [-0.1, -0.05) is 19.9 Å². The molecule has 0 bridgehead atoms. The number of carbonyl (C=O) groups is 2. The van der Waals surface area contributed by atoms with E-state index in [0.717, 1.165) is 35.4 Å². The first kappa shape index (κ1) is 16.9. The second-order valence-corrected chi connectivity index (χ2v) is 7.87. The number of ketones is 2. The molecule has 1 aliphatic carbocycles. The molecule has 0 saturated heterocycles. The van der Waals surface area contributed by atoms with Gasteiger partial charge in [-0.2, -0.15) is 0 Å². The SMILES string of the molecule is CC(=O)C1=C(C)NC2=C(C(=O)C(C)(C)CC2)C1c1ccc2c(c1)OCO2. The minimum atomic E-state index is -0.428. The summed E-state index contributed by atoms with van der Waals surface area (Å²) < 4.78 is 10.9. The summed E-state index contributed by atoms with van der Waals surface area (Å²) in [5.41, 5.74) is 3.59. The van der Waals surface area contributed by atoms with Crippen molar-refractivity contribution in [1.82, 2.24) is 5.32 Å². The largest absolute Gasteiger partial charge is 0.454 e. The molecule has 2 aliphatic heterocycles. The van der Waals surface area contributed by atoms with E-state index in [0.29, 0.717) is 17.1 Å². The van der Waals surface area contributed by atoms with Crippen LogP contribution in [0.15, 0.2) is 40.7 Å². The van der Waals surface area contributed by atoms with Crippen molar-refractivity contribution in [3.63, 3.8) is 0 Å². The quantitative estimate of drug-likeness (QED) is 0.880. The molecule has 0 radical (unpaired) electrons. The zero-order valence-electron chi connectivity index (χ0n) is 15.6. The van der Waals surface area contributed by atoms with Crippen molar-refractivity contribution >= 4 is 11.6 Å². The molecule has 1 aromatic carbocycles. The molecular formula is C21H23NO4. The van der Waals surface area contributed by atoms with Crippen molar-refractivity contribution in [3.8, 4) is 11.5 Å². The van der Waals surface area contributed by atoms with E-state index in [1.807, 2.05) is 39.0 Å². The highest BCUT2D eigenvalue weighted by Gasteiger charge is 2.44. The summed E-state index contributed by atoms with van der Waals surface area (Å²) in [4.78, 5) is 25.8. The zero-order valence-corrected chi connectivity index (χ0v) is 15.6. The minimum Gasteiger partial charge on any atom is -0.454 e. The van der Waals surface area contributed by atoms with E-state index in [9.17, 15) is 9.59 Å². The molecule has 5 heteroatoms. The Morgan fingerprint density at radius 1 is 1.23 bits per heavy atom. The van der Waals surface area contributed by atoms with Crippen LogP contribution >= 0.6 is 0 Å². The Hall–Kier alpha value is -2.56. The highest BCUT2D eigenvalue weighted by molar-refractivity contribution is 6.07. The van der Waals surface area contributed by atoms with E-state index in [4.69, 9.17) is 9.47 Å². The van der Waals surface area contributed by atoms with Gasteiger partial charge >= 0.3 is 0 Å². The Morgan fingerprint density at radius 3 is 2.69 bits per heavy atom. The van der Waals surface area contributed by atoms with Gasteiger partial charge < -0.3 is 14.8 Å². The number of fused-ring (bicyclic) bond motifs is 1. The Kier molecular flexibility index (Phi) is 3.72. The molecule has 4 rings (SSSR count). The molecule has 0 spiro atoms. The van der Waals surface area contributed by atoms with Gasteiger partial charge in [0.1, 0.15) is 0 Å². The van der Waals surface area contributed by atoms with Crippen molar-refractivity contribution in [2.45, 2.75) is 46.5 Å². The molecule has 1 unspecified atom stereocenters. The van der Waals surface area contributed by atoms with E-state index in [1.165, 1.54) is 0 Å². The third-order valence-corrected chi connectivity index (χ3v) is 5.61. The van der Waals surface area contributed by atoms with Gasteiger partial charge in [0.25, 0.3) is 0 Å². The molecule has 1 N–H and O–H groups in total. The van der Waals surface area contributed by atoms with Gasteiger partial charge in [-0.3, -0.25) is 9.59 Å². The van der Waals surface area contributed by atoms with Crippen LogP contribution in [0.2, 0.25) is 0 Å². The first-order valence-corrected chi connectivity index (χ1v) is 8.96. The van der Waals surface area contributed by atoms with Gasteiger partial charge in [0, 0.05) is 33.9 Å². The highest BCUT2D eigenvalue weighted by atomic mass is 16.7. The summed E-state index contributed by atoms with van der Waals surface area (Å²) in [5.74, 6) is 1.06. The predicted molar refractivity (Wildman–Crippen MR) is 96.9 cm³/mol. The van der Waals surface area contributed by atoms with E-state index in [2.05, 4.69) is 5.32 Å². The van der Waals surface area contributed by atoms with Crippen molar-refractivity contribution in [3.05, 3.63) is 46.3 Å². The maximum Gasteiger partial charge on any atom is 0.231 e. The first-order chi connectivity index (χ1) is 12.3. The molecule has 0 aromatic heterocycles. The fourth-order valence-corrected chi connectivity index (χ4v) is 4.17. The van der Waals surface area contributed by atoms with Gasteiger partial charge in [-0.15, -0.1) is 0 Å². The van der Waals surface area contributed by atoms with Gasteiger partial charge in [-0.25, -0.2) is 0 Å². The van der Waals surface area contributed by atoms with E-state index >= 15 is 0 Å². The van der Waals surface area contributed by atoms with Crippen LogP contribution in [0.25, 0.3) is 0 Å². The van der Waals surface area contributed by atoms with E-state index < -0.39 is 5.41 Å². The number of dihydropyridines is 1.